The standard InChI is InChI=1S/C12H13Br2N3O/c1-3-6-4-9(17-15)10-11(16-6)7(13)5-8(14)12(10)18-2/h4-5H,3,15H2,1-2H3,(H,16,17). The first-order chi connectivity index (χ1) is 8.62. The molecular formula is C12H13Br2N3O. The number of aryl methyl sites for hydroxylation is 1. The van der Waals surface area contributed by atoms with Crippen molar-refractivity contribution in [2.75, 3.05) is 12.5 Å². The number of nitrogen functional groups attached to an aromatic ring is 1. The number of fused-ring (bicyclic) bond motifs is 1. The first-order valence-corrected chi connectivity index (χ1v) is 7.03. The van der Waals surface area contributed by atoms with Gasteiger partial charge in [0.1, 0.15) is 5.75 Å². The number of rotatable bonds is 3. The average Bonchev–Trinajstić information content (AvgIpc) is 2.38. The monoisotopic (exact) mass is 373 g/mol. The van der Waals surface area contributed by atoms with E-state index in [1.54, 1.807) is 7.11 Å². The van der Waals surface area contributed by atoms with Gasteiger partial charge in [0.05, 0.1) is 28.2 Å². The average molecular weight is 375 g/mol. The number of hydrogen-bond donors (Lipinski definition) is 2. The second kappa shape index (κ2) is 5.42. The molecule has 0 aliphatic heterocycles. The number of pyridine rings is 1. The van der Waals surface area contributed by atoms with Gasteiger partial charge in [-0.25, -0.2) is 0 Å². The van der Waals surface area contributed by atoms with Gasteiger partial charge in [-0.05, 0) is 50.4 Å². The topological polar surface area (TPSA) is 60.2 Å². The smallest absolute Gasteiger partial charge is 0.144 e. The van der Waals surface area contributed by atoms with Crippen molar-refractivity contribution in [2.45, 2.75) is 13.3 Å². The van der Waals surface area contributed by atoms with Gasteiger partial charge in [0.2, 0.25) is 0 Å². The van der Waals surface area contributed by atoms with Crippen molar-refractivity contribution in [3.8, 4) is 5.75 Å². The highest BCUT2D eigenvalue weighted by atomic mass is 79.9. The molecule has 6 heteroatoms. The molecule has 0 amide bonds. The fraction of sp³-hybridized carbons (Fsp3) is 0.250. The summed E-state index contributed by atoms with van der Waals surface area (Å²) in [6.45, 7) is 2.05. The molecule has 1 heterocycles. The minimum atomic E-state index is 0.719. The Morgan fingerprint density at radius 1 is 1.33 bits per heavy atom. The van der Waals surface area contributed by atoms with Crippen molar-refractivity contribution in [3.63, 3.8) is 0 Å². The van der Waals surface area contributed by atoms with Crippen molar-refractivity contribution < 1.29 is 4.74 Å². The first-order valence-electron chi connectivity index (χ1n) is 5.44. The summed E-state index contributed by atoms with van der Waals surface area (Å²) in [5.41, 5.74) is 5.32. The Balaban J connectivity index is 2.93. The number of halogens is 2. The normalized spacial score (nSPS) is 10.7. The number of nitrogens with zero attached hydrogens (tertiary/aromatic N) is 1. The Kier molecular flexibility index (Phi) is 4.09. The summed E-state index contributed by atoms with van der Waals surface area (Å²) < 4.78 is 7.18. The molecule has 0 saturated heterocycles. The second-order valence-electron chi connectivity index (χ2n) is 3.76. The fourth-order valence-corrected chi connectivity index (χ4v) is 3.27. The van der Waals surface area contributed by atoms with E-state index in [1.807, 2.05) is 12.1 Å². The zero-order valence-corrected chi connectivity index (χ0v) is 13.2. The van der Waals surface area contributed by atoms with Crippen LogP contribution in [0.3, 0.4) is 0 Å². The summed E-state index contributed by atoms with van der Waals surface area (Å²) in [7, 11) is 1.63. The summed E-state index contributed by atoms with van der Waals surface area (Å²) in [4.78, 5) is 4.61. The van der Waals surface area contributed by atoms with Crippen LogP contribution >= 0.6 is 31.9 Å². The SMILES string of the molecule is CCc1cc(NN)c2c(OC)c(Br)cc(Br)c2n1. The van der Waals surface area contributed by atoms with Crippen LogP contribution in [0.4, 0.5) is 5.69 Å². The number of nitrogens with two attached hydrogens (primary N) is 1. The molecule has 96 valence electrons. The maximum atomic E-state index is 5.60. The zero-order valence-electron chi connectivity index (χ0n) is 10.1. The maximum absolute atomic E-state index is 5.60. The fourth-order valence-electron chi connectivity index (χ4n) is 1.86. The Morgan fingerprint density at radius 2 is 2.06 bits per heavy atom. The van der Waals surface area contributed by atoms with Gasteiger partial charge < -0.3 is 10.2 Å². The van der Waals surface area contributed by atoms with Crippen LogP contribution in [0.15, 0.2) is 21.1 Å². The lowest BCUT2D eigenvalue weighted by molar-refractivity contribution is 0.417. The van der Waals surface area contributed by atoms with Crippen LogP contribution in [0.5, 0.6) is 5.75 Å². The lowest BCUT2D eigenvalue weighted by Gasteiger charge is -2.14. The predicted octanol–water partition coefficient (Wildman–Crippen LogP) is 3.62. The molecule has 0 fully saturated rings. The van der Waals surface area contributed by atoms with E-state index in [-0.39, 0.29) is 0 Å². The Labute approximate surface area is 122 Å². The Hall–Kier alpha value is -0.850. The van der Waals surface area contributed by atoms with E-state index in [9.17, 15) is 0 Å². The van der Waals surface area contributed by atoms with Crippen LogP contribution in [0.25, 0.3) is 10.9 Å². The third-order valence-corrected chi connectivity index (χ3v) is 3.91. The van der Waals surface area contributed by atoms with Crippen molar-refractivity contribution in [1.82, 2.24) is 4.98 Å². The van der Waals surface area contributed by atoms with Gasteiger partial charge in [0.15, 0.2) is 0 Å². The van der Waals surface area contributed by atoms with Crippen LogP contribution in [0.1, 0.15) is 12.6 Å². The largest absolute Gasteiger partial charge is 0.495 e. The van der Waals surface area contributed by atoms with Crippen molar-refractivity contribution in [3.05, 3.63) is 26.8 Å². The summed E-state index contributed by atoms with van der Waals surface area (Å²) in [5, 5.41) is 0.860. The molecule has 3 N–H and O–H groups in total. The van der Waals surface area contributed by atoms with E-state index >= 15 is 0 Å². The molecule has 18 heavy (non-hydrogen) atoms. The number of anilines is 1. The number of aromatic nitrogens is 1. The van der Waals surface area contributed by atoms with E-state index in [0.717, 1.165) is 43.4 Å². The molecule has 0 aliphatic rings. The molecule has 0 unspecified atom stereocenters. The molecule has 0 saturated carbocycles. The molecule has 1 aromatic carbocycles. The van der Waals surface area contributed by atoms with Crippen molar-refractivity contribution >= 4 is 48.5 Å². The third kappa shape index (κ3) is 2.20. The molecule has 0 spiro atoms. The summed E-state index contributed by atoms with van der Waals surface area (Å²) in [5.74, 6) is 6.32. The maximum Gasteiger partial charge on any atom is 0.144 e. The van der Waals surface area contributed by atoms with Gasteiger partial charge in [0.25, 0.3) is 0 Å². The number of hydrogen-bond acceptors (Lipinski definition) is 4. The molecule has 0 atom stereocenters. The summed E-state index contributed by atoms with van der Waals surface area (Å²) in [6.07, 6.45) is 0.843. The van der Waals surface area contributed by atoms with Gasteiger partial charge in [0, 0.05) is 10.2 Å². The molecule has 0 aliphatic carbocycles. The van der Waals surface area contributed by atoms with E-state index in [4.69, 9.17) is 10.6 Å². The lowest BCUT2D eigenvalue weighted by Crippen LogP contribution is -2.09. The highest BCUT2D eigenvalue weighted by molar-refractivity contribution is 9.11. The van der Waals surface area contributed by atoms with E-state index < -0.39 is 0 Å². The van der Waals surface area contributed by atoms with Gasteiger partial charge in [-0.1, -0.05) is 6.92 Å². The number of benzene rings is 1. The van der Waals surface area contributed by atoms with Crippen LogP contribution in [-0.4, -0.2) is 12.1 Å². The quantitative estimate of drug-likeness (QED) is 0.636. The van der Waals surface area contributed by atoms with Crippen molar-refractivity contribution in [1.29, 1.82) is 0 Å². The highest BCUT2D eigenvalue weighted by Gasteiger charge is 2.15. The second-order valence-corrected chi connectivity index (χ2v) is 5.46. The Morgan fingerprint density at radius 3 is 2.61 bits per heavy atom. The van der Waals surface area contributed by atoms with Gasteiger partial charge in [-0.15, -0.1) is 0 Å². The van der Waals surface area contributed by atoms with Crippen molar-refractivity contribution in [2.24, 2.45) is 5.84 Å². The lowest BCUT2D eigenvalue weighted by atomic mass is 10.1. The predicted molar refractivity (Wildman–Crippen MR) is 80.9 cm³/mol. The molecule has 1 aromatic heterocycles. The van der Waals surface area contributed by atoms with Gasteiger partial charge in [-0.3, -0.25) is 10.8 Å². The minimum absolute atomic E-state index is 0.719. The number of hydrazine groups is 1. The first kappa shape index (κ1) is 13.6. The van der Waals surface area contributed by atoms with Gasteiger partial charge >= 0.3 is 0 Å². The summed E-state index contributed by atoms with van der Waals surface area (Å²) >= 11 is 7.00. The van der Waals surface area contributed by atoms with E-state index in [2.05, 4.69) is 49.2 Å². The molecule has 4 nitrogen and oxygen atoms in total. The number of nitrogens with one attached hydrogen (secondary N) is 1. The molecule has 2 rings (SSSR count). The number of methoxy groups -OCH3 is 1. The molecule has 0 bridgehead atoms. The highest BCUT2D eigenvalue weighted by Crippen LogP contribution is 2.41. The molecular weight excluding hydrogens is 362 g/mol. The van der Waals surface area contributed by atoms with Crippen LogP contribution in [-0.2, 0) is 6.42 Å². The van der Waals surface area contributed by atoms with Crippen LogP contribution in [0, 0.1) is 0 Å². The molecule has 0 radical (unpaired) electrons. The van der Waals surface area contributed by atoms with E-state index in [1.165, 1.54) is 0 Å². The Bertz CT molecular complexity index is 602. The van der Waals surface area contributed by atoms with Crippen LogP contribution in [0.2, 0.25) is 0 Å². The minimum Gasteiger partial charge on any atom is -0.495 e. The number of ether oxygens (including phenoxy) is 1. The third-order valence-electron chi connectivity index (χ3n) is 2.72. The van der Waals surface area contributed by atoms with E-state index in [0.29, 0.717) is 0 Å². The zero-order chi connectivity index (χ0) is 13.3. The molecule has 2 aromatic rings. The van der Waals surface area contributed by atoms with Crippen LogP contribution < -0.4 is 16.0 Å². The summed E-state index contributed by atoms with van der Waals surface area (Å²) in [6, 6.07) is 3.86. The van der Waals surface area contributed by atoms with Gasteiger partial charge in [-0.2, -0.15) is 0 Å².